The number of aromatic nitrogens is 1. The maximum absolute atomic E-state index is 14.0. The van der Waals surface area contributed by atoms with Gasteiger partial charge in [0.2, 0.25) is 0 Å². The van der Waals surface area contributed by atoms with E-state index < -0.39 is 30.1 Å². The van der Waals surface area contributed by atoms with Gasteiger partial charge in [-0.15, -0.1) is 0 Å². The number of amides is 1. The van der Waals surface area contributed by atoms with Gasteiger partial charge in [0.1, 0.15) is 30.2 Å². The number of rotatable bonds is 10. The second kappa shape index (κ2) is 14.6. The lowest BCUT2D eigenvalue weighted by molar-refractivity contribution is -0.236. The minimum absolute atomic E-state index is 0.0134. The zero-order valence-corrected chi connectivity index (χ0v) is 30.7. The molecule has 4 aliphatic rings. The molecule has 0 radical (unpaired) electrons. The molecule has 4 aliphatic heterocycles. The van der Waals surface area contributed by atoms with E-state index in [4.69, 9.17) is 38.1 Å². The van der Waals surface area contributed by atoms with Crippen molar-refractivity contribution >= 4 is 39.4 Å². The predicted octanol–water partition coefficient (Wildman–Crippen LogP) is 5.84. The average Bonchev–Trinajstić information content (AvgIpc) is 3.78. The Balaban J connectivity index is 0.819. The molecule has 0 N–H and O–H groups in total. The number of nitrogens with zero attached hydrogens (tertiary/aromatic N) is 3. The largest absolute Gasteiger partial charge is 0.426 e. The Labute approximate surface area is 309 Å². The molecule has 4 aromatic rings. The number of esters is 1. The number of carbonyl (C=O) groups excluding carboxylic acids is 2. The van der Waals surface area contributed by atoms with Crippen LogP contribution in [0.4, 0.5) is 5.69 Å². The number of carbonyl (C=O) groups is 2. The van der Waals surface area contributed by atoms with Crippen LogP contribution in [0.5, 0.6) is 5.75 Å². The Bertz CT molecular complexity index is 1920. The van der Waals surface area contributed by atoms with Crippen molar-refractivity contribution < 1.29 is 42.7 Å². The second-order valence-electron chi connectivity index (χ2n) is 15.0. The van der Waals surface area contributed by atoms with Crippen molar-refractivity contribution in [2.75, 3.05) is 44.3 Å². The molecule has 53 heavy (non-hydrogen) atoms. The van der Waals surface area contributed by atoms with Crippen LogP contribution in [0.15, 0.2) is 72.8 Å². The van der Waals surface area contributed by atoms with Gasteiger partial charge in [-0.05, 0) is 64.8 Å². The summed E-state index contributed by atoms with van der Waals surface area (Å²) in [6.07, 6.45) is -0.516. The first-order valence-electron chi connectivity index (χ1n) is 18.6. The number of hydrogen-bond acceptors (Lipinski definition) is 11. The first-order chi connectivity index (χ1) is 25.5. The van der Waals surface area contributed by atoms with Gasteiger partial charge in [0, 0.05) is 61.7 Å². The van der Waals surface area contributed by atoms with Crippen molar-refractivity contribution in [1.82, 2.24) is 9.88 Å². The highest BCUT2D eigenvalue weighted by atomic mass is 16.8. The number of fused-ring (bicyclic) bond motifs is 3. The maximum atomic E-state index is 14.0. The van der Waals surface area contributed by atoms with Crippen molar-refractivity contribution in [3.63, 3.8) is 0 Å². The van der Waals surface area contributed by atoms with Gasteiger partial charge in [0.05, 0.1) is 23.2 Å². The van der Waals surface area contributed by atoms with Gasteiger partial charge < -0.3 is 43.0 Å². The Kier molecular flexibility index (Phi) is 9.86. The van der Waals surface area contributed by atoms with E-state index in [9.17, 15) is 9.59 Å². The number of benzene rings is 3. The van der Waals surface area contributed by atoms with Crippen LogP contribution >= 0.6 is 0 Å². The molecular weight excluding hydrogens is 678 g/mol. The third-order valence-corrected chi connectivity index (χ3v) is 10.3. The fraction of sp³-hybridized carbons (Fsp3) is 0.488. The molecule has 4 fully saturated rings. The average molecular weight is 726 g/mol. The van der Waals surface area contributed by atoms with E-state index in [0.717, 1.165) is 27.5 Å². The molecule has 5 atom stereocenters. The van der Waals surface area contributed by atoms with Crippen LogP contribution in [0.25, 0.3) is 21.8 Å². The number of para-hydroxylation sites is 2. The molecule has 8 rings (SSSR count). The molecule has 0 aliphatic carbocycles. The lowest BCUT2D eigenvalue weighted by Crippen LogP contribution is -2.48. The SMILES string of the molecule is CC1(C)OCC(C2OC3OC(C)(C)OC3C2OCCCCC(=O)Oc2cccc(N3CCN(C(=O)c4c5ccccc5nc5ccccc45)CC3)c2)O1. The van der Waals surface area contributed by atoms with E-state index in [0.29, 0.717) is 63.5 Å². The molecule has 5 unspecified atom stereocenters. The van der Waals surface area contributed by atoms with Gasteiger partial charge in [-0.25, -0.2) is 4.98 Å². The molecule has 4 saturated heterocycles. The Morgan fingerprint density at radius 3 is 2.23 bits per heavy atom. The molecule has 5 heterocycles. The molecule has 280 valence electrons. The third-order valence-electron chi connectivity index (χ3n) is 10.3. The van der Waals surface area contributed by atoms with Crippen molar-refractivity contribution in [3.8, 4) is 5.75 Å². The Morgan fingerprint density at radius 1 is 0.811 bits per heavy atom. The van der Waals surface area contributed by atoms with Crippen LogP contribution in [0.2, 0.25) is 0 Å². The quantitative estimate of drug-likeness (QED) is 0.0850. The monoisotopic (exact) mass is 725 g/mol. The molecule has 3 aromatic carbocycles. The zero-order valence-electron chi connectivity index (χ0n) is 30.7. The molecule has 12 heteroatoms. The predicted molar refractivity (Wildman–Crippen MR) is 197 cm³/mol. The summed E-state index contributed by atoms with van der Waals surface area (Å²) in [7, 11) is 0. The zero-order chi connectivity index (χ0) is 36.7. The van der Waals surface area contributed by atoms with Gasteiger partial charge >= 0.3 is 5.97 Å². The molecule has 0 bridgehead atoms. The van der Waals surface area contributed by atoms with Crippen LogP contribution < -0.4 is 9.64 Å². The number of piperazine rings is 1. The Morgan fingerprint density at radius 2 is 1.53 bits per heavy atom. The minimum atomic E-state index is -0.769. The summed E-state index contributed by atoms with van der Waals surface area (Å²) in [5.74, 6) is -1.26. The van der Waals surface area contributed by atoms with E-state index in [2.05, 4.69) is 4.90 Å². The number of pyridine rings is 1. The van der Waals surface area contributed by atoms with Crippen molar-refractivity contribution in [3.05, 3.63) is 78.4 Å². The fourth-order valence-corrected chi connectivity index (χ4v) is 7.78. The summed E-state index contributed by atoms with van der Waals surface area (Å²) in [6.45, 7) is 10.7. The van der Waals surface area contributed by atoms with Crippen molar-refractivity contribution in [2.45, 2.75) is 89.2 Å². The van der Waals surface area contributed by atoms with Gasteiger partial charge in [-0.2, -0.15) is 0 Å². The molecule has 12 nitrogen and oxygen atoms in total. The molecule has 1 aromatic heterocycles. The van der Waals surface area contributed by atoms with E-state index in [1.54, 1.807) is 6.07 Å². The van der Waals surface area contributed by atoms with Crippen LogP contribution in [0.3, 0.4) is 0 Å². The van der Waals surface area contributed by atoms with Crippen molar-refractivity contribution in [1.29, 1.82) is 0 Å². The summed E-state index contributed by atoms with van der Waals surface area (Å²) in [6, 6.07) is 23.2. The summed E-state index contributed by atoms with van der Waals surface area (Å²) >= 11 is 0. The first kappa shape index (κ1) is 35.8. The summed E-state index contributed by atoms with van der Waals surface area (Å²) in [5, 5.41) is 1.73. The highest BCUT2D eigenvalue weighted by molar-refractivity contribution is 6.16. The van der Waals surface area contributed by atoms with E-state index in [1.165, 1.54) is 0 Å². The molecule has 0 saturated carbocycles. The Hall–Kier alpha value is -4.17. The molecular formula is C41H47N3O9. The summed E-state index contributed by atoms with van der Waals surface area (Å²) < 4.78 is 42.2. The van der Waals surface area contributed by atoms with Gasteiger partial charge in [-0.1, -0.05) is 42.5 Å². The fourth-order valence-electron chi connectivity index (χ4n) is 7.78. The van der Waals surface area contributed by atoms with Crippen molar-refractivity contribution in [2.24, 2.45) is 0 Å². The molecule has 0 spiro atoms. The lowest BCUT2D eigenvalue weighted by atomic mass is 10.0. The molecule has 1 amide bonds. The summed E-state index contributed by atoms with van der Waals surface area (Å²) in [5.41, 5.74) is 3.27. The van der Waals surface area contributed by atoms with Crippen LogP contribution in [0.1, 0.15) is 57.3 Å². The first-order valence-corrected chi connectivity index (χ1v) is 18.6. The van der Waals surface area contributed by atoms with Crippen LogP contribution in [-0.2, 0) is 33.2 Å². The van der Waals surface area contributed by atoms with Crippen LogP contribution in [0, 0.1) is 0 Å². The number of unbranched alkanes of at least 4 members (excludes halogenated alkanes) is 1. The lowest BCUT2D eigenvalue weighted by Gasteiger charge is -2.36. The van der Waals surface area contributed by atoms with Gasteiger partial charge in [0.15, 0.2) is 17.9 Å². The third kappa shape index (κ3) is 7.62. The highest BCUT2D eigenvalue weighted by Gasteiger charge is 2.58. The van der Waals surface area contributed by atoms with Crippen LogP contribution in [-0.4, -0.2) is 103 Å². The topological polar surface area (TPSA) is 118 Å². The number of hydrogen-bond donors (Lipinski definition) is 0. The maximum Gasteiger partial charge on any atom is 0.311 e. The number of anilines is 1. The highest BCUT2D eigenvalue weighted by Crippen LogP contribution is 2.42. The smallest absolute Gasteiger partial charge is 0.311 e. The van der Waals surface area contributed by atoms with E-state index in [-0.39, 0.29) is 30.5 Å². The number of ether oxygens (including phenoxy) is 7. The van der Waals surface area contributed by atoms with E-state index in [1.807, 2.05) is 99.3 Å². The van der Waals surface area contributed by atoms with E-state index >= 15 is 0 Å². The second-order valence-corrected chi connectivity index (χ2v) is 15.0. The standard InChI is InChI=1S/C41H47N3O9/c1-40(2)48-25-32(51-40)35-36(37-39(50-35)53-41(3,4)52-37)47-23-10-9-18-33(45)49-27-13-11-12-26(24-27)43-19-21-44(22-20-43)38(46)34-28-14-5-7-16-30(28)42-31-17-8-6-15-29(31)34/h5-8,11-17,24,32,35-37,39H,9-10,18-23,25H2,1-4H3. The van der Waals surface area contributed by atoms with Gasteiger partial charge in [0.25, 0.3) is 5.91 Å². The van der Waals surface area contributed by atoms with Gasteiger partial charge in [-0.3, -0.25) is 9.59 Å². The minimum Gasteiger partial charge on any atom is -0.426 e. The summed E-state index contributed by atoms with van der Waals surface area (Å²) in [4.78, 5) is 35.8. The normalized spacial score (nSPS) is 26.3.